The molecule has 50 heavy (non-hydrogen) atoms. The van der Waals surface area contributed by atoms with Crippen molar-refractivity contribution in [3.63, 3.8) is 0 Å². The first-order valence-electron chi connectivity index (χ1n) is 19.6. The summed E-state index contributed by atoms with van der Waals surface area (Å²) >= 11 is -4.90. The standard InChI is InChI=1S/2C22H25.C2H7Si.2ClH.Zr/c2*1-3-5-10-17-15-20-14-13-18(9-4-2)22(21(20)16-17)19-11-7-6-8-12-19;1-3-2;;;/h2*6-8,11-16H,3-5,9-10H2,1-2H3;3H,1-2H3;2*1H;/q;;;;;+2/p-2. The van der Waals surface area contributed by atoms with Gasteiger partial charge in [-0.15, -0.1) is 0 Å². The zero-order valence-corrected chi connectivity index (χ0v) is 36.4. The van der Waals surface area contributed by atoms with E-state index in [4.69, 9.17) is 17.0 Å². The normalized spacial score (nSPS) is 17.7. The van der Waals surface area contributed by atoms with Crippen LogP contribution in [0, 0.1) is 0 Å². The molecule has 6 rings (SSSR count). The van der Waals surface area contributed by atoms with Gasteiger partial charge < -0.3 is 0 Å². The van der Waals surface area contributed by atoms with Crippen molar-refractivity contribution >= 4 is 35.1 Å². The molecule has 0 saturated heterocycles. The van der Waals surface area contributed by atoms with Crippen LogP contribution in [0.15, 0.2) is 96.1 Å². The molecule has 0 aliphatic heterocycles. The predicted octanol–water partition coefficient (Wildman–Crippen LogP) is 14.9. The van der Waals surface area contributed by atoms with E-state index in [9.17, 15) is 0 Å². The van der Waals surface area contributed by atoms with Crippen LogP contribution >= 0.6 is 17.0 Å². The molecule has 2 aliphatic carbocycles. The topological polar surface area (TPSA) is 0 Å². The Morgan fingerprint density at radius 2 is 0.920 bits per heavy atom. The number of rotatable bonds is 15. The number of fused-ring (bicyclic) bond motifs is 2. The average Bonchev–Trinajstić information content (AvgIpc) is 3.70. The summed E-state index contributed by atoms with van der Waals surface area (Å²) in [5.74, 6) is -1.66. The van der Waals surface area contributed by atoms with E-state index in [0.717, 1.165) is 64.2 Å². The van der Waals surface area contributed by atoms with Crippen LogP contribution in [0.3, 0.4) is 0 Å². The SMILES string of the molecule is CCCCC1=Cc2c(ccc(CCC)c2-c2ccccc2)[CH]1[Zr]([Cl])([Cl])([CH]1C(CCCC)=Cc2c1ccc(CCC)c2-c1ccccc1)[SiH](C)C. The first-order valence-corrected chi connectivity index (χ1v) is 35.9. The fourth-order valence-corrected chi connectivity index (χ4v) is 40.8. The molecule has 0 nitrogen and oxygen atoms in total. The van der Waals surface area contributed by atoms with Crippen molar-refractivity contribution < 1.29 is 15.6 Å². The van der Waals surface area contributed by atoms with Gasteiger partial charge in [0.2, 0.25) is 0 Å². The van der Waals surface area contributed by atoms with Gasteiger partial charge in [-0.25, -0.2) is 0 Å². The monoisotopic (exact) mass is 797 g/mol. The predicted molar refractivity (Wildman–Crippen MR) is 223 cm³/mol. The van der Waals surface area contributed by atoms with Crippen molar-refractivity contribution in [2.24, 2.45) is 0 Å². The summed E-state index contributed by atoms with van der Waals surface area (Å²) in [6.07, 6.45) is 16.3. The van der Waals surface area contributed by atoms with E-state index in [1.807, 2.05) is 0 Å². The first-order chi connectivity index (χ1) is 24.2. The van der Waals surface area contributed by atoms with Gasteiger partial charge in [-0.05, 0) is 0 Å². The quantitative estimate of drug-likeness (QED) is 0.105. The molecule has 0 N–H and O–H groups in total. The first kappa shape index (κ1) is 37.8. The van der Waals surface area contributed by atoms with E-state index >= 15 is 0 Å². The van der Waals surface area contributed by atoms with Crippen molar-refractivity contribution in [1.29, 1.82) is 0 Å². The van der Waals surface area contributed by atoms with E-state index in [0.29, 0.717) is 0 Å². The Labute approximate surface area is 312 Å². The fraction of sp³-hybridized carbons (Fsp3) is 0.391. The molecular formula is C46H57Cl2SiZr. The number of benzene rings is 4. The molecule has 263 valence electrons. The number of unbranched alkanes of at least 4 members (excludes halogenated alkanes) is 2. The molecule has 4 aromatic rings. The van der Waals surface area contributed by atoms with Crippen LogP contribution < -0.4 is 0 Å². The van der Waals surface area contributed by atoms with Crippen LogP contribution in [0.2, 0.25) is 13.1 Å². The zero-order chi connectivity index (χ0) is 35.5. The van der Waals surface area contributed by atoms with Gasteiger partial charge in [0, 0.05) is 0 Å². The molecule has 0 amide bonds. The molecule has 2 unspecified atom stereocenters. The van der Waals surface area contributed by atoms with E-state index in [1.54, 1.807) is 0 Å². The van der Waals surface area contributed by atoms with E-state index in [2.05, 4.69) is 138 Å². The van der Waals surface area contributed by atoms with Crippen molar-refractivity contribution in [1.82, 2.24) is 0 Å². The zero-order valence-electron chi connectivity index (χ0n) is 31.3. The molecule has 2 aliphatic rings. The summed E-state index contributed by atoms with van der Waals surface area (Å²) in [5.41, 5.74) is 17.0. The Morgan fingerprint density at radius 1 is 0.520 bits per heavy atom. The van der Waals surface area contributed by atoms with Gasteiger partial charge in [-0.1, -0.05) is 0 Å². The summed E-state index contributed by atoms with van der Waals surface area (Å²) in [5, 5.41) is 0. The van der Waals surface area contributed by atoms with E-state index < -0.39 is 21.5 Å². The van der Waals surface area contributed by atoms with Crippen LogP contribution in [0.5, 0.6) is 0 Å². The van der Waals surface area contributed by atoms with Gasteiger partial charge in [0.05, 0.1) is 0 Å². The van der Waals surface area contributed by atoms with Crippen LogP contribution in [0.4, 0.5) is 0 Å². The van der Waals surface area contributed by atoms with Gasteiger partial charge in [0.25, 0.3) is 0 Å². The van der Waals surface area contributed by atoms with Crippen LogP contribution in [0.1, 0.15) is 120 Å². The summed E-state index contributed by atoms with van der Waals surface area (Å²) in [6, 6.07) is 32.0. The number of aryl methyl sites for hydroxylation is 2. The summed E-state index contributed by atoms with van der Waals surface area (Å²) < 4.78 is 0.255. The summed E-state index contributed by atoms with van der Waals surface area (Å²) in [7, 11) is 17.8. The van der Waals surface area contributed by atoms with E-state index in [1.165, 1.54) is 66.8 Å². The van der Waals surface area contributed by atoms with Gasteiger partial charge in [0.15, 0.2) is 0 Å². The molecule has 0 fully saturated rings. The van der Waals surface area contributed by atoms with Gasteiger partial charge in [0.1, 0.15) is 0 Å². The van der Waals surface area contributed by atoms with E-state index in [-0.39, 0.29) is 7.25 Å². The third-order valence-corrected chi connectivity index (χ3v) is 63.6. The van der Waals surface area contributed by atoms with Crippen LogP contribution in [0.25, 0.3) is 34.4 Å². The van der Waals surface area contributed by atoms with Gasteiger partial charge >= 0.3 is 315 Å². The third kappa shape index (κ3) is 6.70. The second-order valence-corrected chi connectivity index (χ2v) is 57.8. The maximum atomic E-state index is 8.90. The van der Waals surface area contributed by atoms with Crippen LogP contribution in [-0.4, -0.2) is 5.92 Å². The van der Waals surface area contributed by atoms with Crippen molar-refractivity contribution in [3.8, 4) is 22.3 Å². The number of hydrogen-bond donors (Lipinski definition) is 0. The Kier molecular flexibility index (Phi) is 12.1. The molecule has 4 aromatic carbocycles. The third-order valence-electron chi connectivity index (χ3n) is 11.8. The fourth-order valence-electron chi connectivity index (χ4n) is 9.29. The molecule has 4 heteroatoms. The molecule has 0 heterocycles. The molecule has 0 bridgehead atoms. The molecule has 2 atom stereocenters. The van der Waals surface area contributed by atoms with Gasteiger partial charge in [-0.3, -0.25) is 0 Å². The average molecular weight is 800 g/mol. The minimum atomic E-state index is -4.90. The molecule has 0 radical (unpaired) electrons. The maximum absolute atomic E-state index is 8.90. The Morgan fingerprint density at radius 3 is 1.26 bits per heavy atom. The number of allylic oxidation sites excluding steroid dienone is 2. The Hall–Kier alpha value is -1.96. The van der Waals surface area contributed by atoms with Crippen molar-refractivity contribution in [3.05, 3.63) is 129 Å². The Bertz CT molecular complexity index is 1740. The minimum absolute atomic E-state index is 0.127. The molecule has 0 aromatic heterocycles. The molecule has 0 spiro atoms. The second kappa shape index (κ2) is 16.0. The van der Waals surface area contributed by atoms with Gasteiger partial charge in [-0.2, -0.15) is 0 Å². The Balaban J connectivity index is 1.64. The summed E-state index contributed by atoms with van der Waals surface area (Å²) in [4.78, 5) is 0. The second-order valence-electron chi connectivity index (χ2n) is 15.3. The number of hydrogen-bond acceptors (Lipinski definition) is 0. The summed E-state index contributed by atoms with van der Waals surface area (Å²) in [6.45, 7) is 14.2. The molecule has 0 saturated carbocycles. The van der Waals surface area contributed by atoms with Crippen molar-refractivity contribution in [2.75, 3.05) is 0 Å². The van der Waals surface area contributed by atoms with Crippen molar-refractivity contribution in [2.45, 2.75) is 112 Å². The molecular weight excluding hydrogens is 743 g/mol. The number of halogens is 2. The van der Waals surface area contributed by atoms with Crippen LogP contribution in [-0.2, 0) is 28.4 Å².